The molecule has 1 saturated heterocycles. The highest BCUT2D eigenvalue weighted by Gasteiger charge is 2.14. The molecule has 138 valence electrons. The molecule has 0 aromatic heterocycles. The minimum absolute atomic E-state index is 0.0694. The molecule has 2 aromatic rings. The molecule has 2 N–H and O–H groups in total. The minimum Gasteiger partial charge on any atom is -0.508 e. The molecule has 1 heterocycles. The van der Waals surface area contributed by atoms with Crippen LogP contribution in [0.25, 0.3) is 6.08 Å². The molecule has 0 spiro atoms. The first-order valence-electron chi connectivity index (χ1n) is 8.83. The summed E-state index contributed by atoms with van der Waals surface area (Å²) < 4.78 is 14.5. The van der Waals surface area contributed by atoms with Crippen LogP contribution < -0.4 is 10.2 Å². The van der Waals surface area contributed by atoms with Gasteiger partial charge < -0.3 is 15.3 Å². The molecule has 0 atom stereocenters. The lowest BCUT2D eigenvalue weighted by Crippen LogP contribution is -2.29. The molecule has 0 bridgehead atoms. The van der Waals surface area contributed by atoms with Gasteiger partial charge in [0.1, 0.15) is 23.2 Å². The Balaban J connectivity index is 1.77. The van der Waals surface area contributed by atoms with Crippen LogP contribution in [0, 0.1) is 17.1 Å². The normalized spacial score (nSPS) is 14.5. The van der Waals surface area contributed by atoms with Crippen molar-refractivity contribution in [3.63, 3.8) is 0 Å². The van der Waals surface area contributed by atoms with Gasteiger partial charge in [0, 0.05) is 30.0 Å². The van der Waals surface area contributed by atoms with Crippen LogP contribution in [0.4, 0.5) is 15.8 Å². The van der Waals surface area contributed by atoms with E-state index in [0.717, 1.165) is 31.6 Å². The standard InChI is InChI=1S/C21H20FN3O2/c22-20-13-18(25-10-2-1-3-11-25)7-4-15(20)12-16(14-23)21(27)24-17-5-8-19(26)9-6-17/h4-9,12-13,26H,1-3,10-11H2,(H,24,27). The van der Waals surface area contributed by atoms with Crippen LogP contribution in [0.3, 0.4) is 0 Å². The first-order chi connectivity index (χ1) is 13.1. The Hall–Kier alpha value is -3.33. The molecule has 0 unspecified atom stereocenters. The van der Waals surface area contributed by atoms with Gasteiger partial charge in [0.05, 0.1) is 0 Å². The second-order valence-electron chi connectivity index (χ2n) is 6.42. The summed E-state index contributed by atoms with van der Waals surface area (Å²) in [5.41, 5.74) is 1.23. The number of hydrogen-bond acceptors (Lipinski definition) is 4. The quantitative estimate of drug-likeness (QED) is 0.486. The number of hydrogen-bond donors (Lipinski definition) is 2. The summed E-state index contributed by atoms with van der Waals surface area (Å²) in [4.78, 5) is 14.4. The maximum atomic E-state index is 14.5. The lowest BCUT2D eigenvalue weighted by atomic mass is 10.1. The molecule has 5 nitrogen and oxygen atoms in total. The molecule has 1 aliphatic rings. The van der Waals surface area contributed by atoms with Gasteiger partial charge in [-0.15, -0.1) is 0 Å². The summed E-state index contributed by atoms with van der Waals surface area (Å²) in [6, 6.07) is 12.5. The lowest BCUT2D eigenvalue weighted by Gasteiger charge is -2.28. The van der Waals surface area contributed by atoms with Crippen LogP contribution in [0.5, 0.6) is 5.75 Å². The summed E-state index contributed by atoms with van der Waals surface area (Å²) in [5, 5.41) is 21.1. The van der Waals surface area contributed by atoms with Crippen LogP contribution in [-0.2, 0) is 4.79 Å². The SMILES string of the molecule is N#CC(=Cc1ccc(N2CCCCC2)cc1F)C(=O)Nc1ccc(O)cc1. The zero-order valence-corrected chi connectivity index (χ0v) is 14.8. The van der Waals surface area contributed by atoms with E-state index in [1.165, 1.54) is 42.8 Å². The Morgan fingerprint density at radius 3 is 2.48 bits per heavy atom. The van der Waals surface area contributed by atoms with E-state index in [9.17, 15) is 19.6 Å². The summed E-state index contributed by atoms with van der Waals surface area (Å²) in [6.07, 6.45) is 4.63. The van der Waals surface area contributed by atoms with E-state index in [0.29, 0.717) is 5.69 Å². The zero-order chi connectivity index (χ0) is 19.2. The number of anilines is 2. The van der Waals surface area contributed by atoms with Crippen molar-refractivity contribution < 1.29 is 14.3 Å². The van der Waals surface area contributed by atoms with Crippen molar-refractivity contribution in [3.05, 3.63) is 59.4 Å². The maximum Gasteiger partial charge on any atom is 0.266 e. The fourth-order valence-electron chi connectivity index (χ4n) is 3.03. The molecular formula is C21H20FN3O2. The Bertz CT molecular complexity index is 895. The summed E-state index contributed by atoms with van der Waals surface area (Å²) in [7, 11) is 0. The van der Waals surface area contributed by atoms with Crippen molar-refractivity contribution in [2.24, 2.45) is 0 Å². The first-order valence-corrected chi connectivity index (χ1v) is 8.83. The molecule has 0 aliphatic carbocycles. The largest absolute Gasteiger partial charge is 0.508 e. The van der Waals surface area contributed by atoms with Crippen molar-refractivity contribution in [2.45, 2.75) is 19.3 Å². The van der Waals surface area contributed by atoms with Crippen molar-refractivity contribution in [1.82, 2.24) is 0 Å². The summed E-state index contributed by atoms with van der Waals surface area (Å²) >= 11 is 0. The average Bonchev–Trinajstić information content (AvgIpc) is 2.69. The molecular weight excluding hydrogens is 345 g/mol. The number of nitrogens with zero attached hydrogens (tertiary/aromatic N) is 2. The Labute approximate surface area is 157 Å². The van der Waals surface area contributed by atoms with Gasteiger partial charge in [-0.3, -0.25) is 4.79 Å². The van der Waals surface area contributed by atoms with Crippen molar-refractivity contribution in [2.75, 3.05) is 23.3 Å². The number of benzene rings is 2. The molecule has 1 amide bonds. The number of nitrogens with one attached hydrogen (secondary N) is 1. The van der Waals surface area contributed by atoms with E-state index in [1.807, 2.05) is 12.1 Å². The van der Waals surface area contributed by atoms with Gasteiger partial charge in [-0.1, -0.05) is 0 Å². The number of nitriles is 1. The third-order valence-corrected chi connectivity index (χ3v) is 4.50. The van der Waals surface area contributed by atoms with E-state index in [1.54, 1.807) is 6.07 Å². The third kappa shape index (κ3) is 4.64. The number of piperidine rings is 1. The van der Waals surface area contributed by atoms with Gasteiger partial charge in [0.15, 0.2) is 0 Å². The van der Waals surface area contributed by atoms with E-state index in [2.05, 4.69) is 10.2 Å². The van der Waals surface area contributed by atoms with Gasteiger partial charge in [-0.05, 0) is 67.8 Å². The number of phenolic OH excluding ortho intramolecular Hbond substituents is 1. The predicted molar refractivity (Wildman–Crippen MR) is 103 cm³/mol. The van der Waals surface area contributed by atoms with Crippen molar-refractivity contribution >= 4 is 23.4 Å². The maximum absolute atomic E-state index is 14.5. The first kappa shape index (κ1) is 18.5. The fraction of sp³-hybridized carbons (Fsp3) is 0.238. The van der Waals surface area contributed by atoms with E-state index in [4.69, 9.17) is 0 Å². The zero-order valence-electron chi connectivity index (χ0n) is 14.8. The number of amides is 1. The Morgan fingerprint density at radius 2 is 1.85 bits per heavy atom. The molecule has 0 radical (unpaired) electrons. The van der Waals surface area contributed by atoms with Gasteiger partial charge in [0.25, 0.3) is 5.91 Å². The second-order valence-corrected chi connectivity index (χ2v) is 6.42. The Kier molecular flexibility index (Phi) is 5.72. The average molecular weight is 365 g/mol. The van der Waals surface area contributed by atoms with E-state index < -0.39 is 11.7 Å². The van der Waals surface area contributed by atoms with Gasteiger partial charge in [-0.2, -0.15) is 5.26 Å². The van der Waals surface area contributed by atoms with Crippen LogP contribution >= 0.6 is 0 Å². The van der Waals surface area contributed by atoms with E-state index >= 15 is 0 Å². The number of rotatable bonds is 4. The summed E-state index contributed by atoms with van der Waals surface area (Å²) in [6.45, 7) is 1.82. The number of halogens is 1. The topological polar surface area (TPSA) is 76.4 Å². The number of aromatic hydroxyl groups is 1. The smallest absolute Gasteiger partial charge is 0.266 e. The summed E-state index contributed by atoms with van der Waals surface area (Å²) in [5.74, 6) is -1.04. The lowest BCUT2D eigenvalue weighted by molar-refractivity contribution is -0.112. The number of carbonyl (C=O) groups is 1. The number of phenols is 1. The van der Waals surface area contributed by atoms with Crippen molar-refractivity contribution in [3.8, 4) is 11.8 Å². The second kappa shape index (κ2) is 8.37. The molecule has 27 heavy (non-hydrogen) atoms. The highest BCUT2D eigenvalue weighted by atomic mass is 19.1. The number of carbonyl (C=O) groups excluding carboxylic acids is 1. The molecule has 1 fully saturated rings. The molecule has 1 aliphatic heterocycles. The molecule has 6 heteroatoms. The van der Waals surface area contributed by atoms with Crippen LogP contribution in [0.15, 0.2) is 48.0 Å². The van der Waals surface area contributed by atoms with Crippen LogP contribution in [0.2, 0.25) is 0 Å². The fourth-order valence-corrected chi connectivity index (χ4v) is 3.03. The highest BCUT2D eigenvalue weighted by Crippen LogP contribution is 2.24. The van der Waals surface area contributed by atoms with Gasteiger partial charge in [-0.25, -0.2) is 4.39 Å². The van der Waals surface area contributed by atoms with Crippen molar-refractivity contribution in [1.29, 1.82) is 5.26 Å². The Morgan fingerprint density at radius 1 is 1.15 bits per heavy atom. The monoisotopic (exact) mass is 365 g/mol. The highest BCUT2D eigenvalue weighted by molar-refractivity contribution is 6.09. The van der Waals surface area contributed by atoms with Gasteiger partial charge >= 0.3 is 0 Å². The van der Waals surface area contributed by atoms with Gasteiger partial charge in [0.2, 0.25) is 0 Å². The van der Waals surface area contributed by atoms with Crippen LogP contribution in [0.1, 0.15) is 24.8 Å². The third-order valence-electron chi connectivity index (χ3n) is 4.50. The van der Waals surface area contributed by atoms with Crippen LogP contribution in [-0.4, -0.2) is 24.1 Å². The minimum atomic E-state index is -0.636. The molecule has 3 rings (SSSR count). The predicted octanol–water partition coefficient (Wildman–Crippen LogP) is 4.07. The molecule has 2 aromatic carbocycles. The molecule has 0 saturated carbocycles. The van der Waals surface area contributed by atoms with E-state index in [-0.39, 0.29) is 16.9 Å².